The summed E-state index contributed by atoms with van der Waals surface area (Å²) in [6.07, 6.45) is 5.47. The van der Waals surface area contributed by atoms with Gasteiger partial charge in [-0.05, 0) is 80.4 Å². The molecule has 1 aliphatic rings. The monoisotopic (exact) mass is 575 g/mol. The van der Waals surface area contributed by atoms with E-state index in [1.165, 1.54) is 11.3 Å². The lowest BCUT2D eigenvalue weighted by atomic mass is 9.95. The Hall–Kier alpha value is -5.02. The molecule has 1 aliphatic heterocycles. The van der Waals surface area contributed by atoms with E-state index in [0.29, 0.717) is 32.0 Å². The average Bonchev–Trinajstić information content (AvgIpc) is 3.46. The van der Waals surface area contributed by atoms with Crippen molar-refractivity contribution in [3.8, 4) is 11.4 Å². The number of nitrogens with zero attached hydrogens (tertiary/aromatic N) is 4. The molecule has 0 spiro atoms. The Morgan fingerprint density at radius 2 is 1.83 bits per heavy atom. The van der Waals surface area contributed by atoms with Crippen LogP contribution in [0.25, 0.3) is 11.8 Å². The second-order valence-electron chi connectivity index (χ2n) is 10.1. The van der Waals surface area contributed by atoms with Gasteiger partial charge in [0.25, 0.3) is 11.5 Å². The van der Waals surface area contributed by atoms with Crippen LogP contribution in [0.1, 0.15) is 35.5 Å². The normalized spacial score (nSPS) is 14.9. The number of rotatable bonds is 6. The zero-order valence-corrected chi connectivity index (χ0v) is 24.5. The fraction of sp³-hybridized carbons (Fsp3) is 0.152. The number of hydrogen-bond acceptors (Lipinski definition) is 6. The quantitative estimate of drug-likeness (QED) is 0.318. The first kappa shape index (κ1) is 27.2. The highest BCUT2D eigenvalue weighted by Crippen LogP contribution is 2.32. The maximum absolute atomic E-state index is 14.1. The second-order valence-corrected chi connectivity index (χ2v) is 11.1. The fourth-order valence-corrected chi connectivity index (χ4v) is 6.45. The van der Waals surface area contributed by atoms with E-state index in [4.69, 9.17) is 9.73 Å². The highest BCUT2D eigenvalue weighted by atomic mass is 32.1. The summed E-state index contributed by atoms with van der Waals surface area (Å²) >= 11 is 1.32. The number of thiazole rings is 1. The van der Waals surface area contributed by atoms with E-state index in [-0.39, 0.29) is 11.5 Å². The van der Waals surface area contributed by atoms with Crippen LogP contribution in [0.5, 0.6) is 5.75 Å². The number of para-hydroxylation sites is 1. The first-order valence-corrected chi connectivity index (χ1v) is 14.3. The molecule has 0 saturated heterocycles. The Kier molecular flexibility index (Phi) is 7.18. The molecule has 2 aromatic carbocycles. The van der Waals surface area contributed by atoms with Crippen LogP contribution in [-0.2, 0) is 4.79 Å². The number of amides is 1. The minimum atomic E-state index is -0.690. The number of benzene rings is 2. The van der Waals surface area contributed by atoms with Gasteiger partial charge in [0, 0.05) is 23.3 Å². The Labute approximate surface area is 246 Å². The minimum absolute atomic E-state index is 0.213. The molecule has 0 unspecified atom stereocenters. The summed E-state index contributed by atoms with van der Waals surface area (Å²) in [6.45, 7) is 5.87. The number of hydrogen-bond donors (Lipinski definition) is 1. The lowest BCUT2D eigenvalue weighted by Crippen LogP contribution is -2.40. The molecular formula is C33H29N5O3S. The number of carbonyl (C=O) groups excluding carboxylic acids is 1. The third-order valence-electron chi connectivity index (χ3n) is 7.37. The number of methoxy groups -OCH3 is 1. The van der Waals surface area contributed by atoms with E-state index in [9.17, 15) is 9.59 Å². The molecule has 0 fully saturated rings. The van der Waals surface area contributed by atoms with Crippen LogP contribution in [0.2, 0.25) is 0 Å². The van der Waals surface area contributed by atoms with Crippen molar-refractivity contribution in [1.29, 1.82) is 0 Å². The Morgan fingerprint density at radius 3 is 2.57 bits per heavy atom. The Balaban J connectivity index is 1.51. The third-order valence-corrected chi connectivity index (χ3v) is 8.35. The minimum Gasteiger partial charge on any atom is -0.497 e. The molecular weight excluding hydrogens is 546 g/mol. The van der Waals surface area contributed by atoms with Crippen molar-refractivity contribution in [1.82, 2.24) is 14.1 Å². The standard InChI is InChI=1S/C33H29N5O3S/c1-20-16-24(22(3)37(20)26-13-9-15-34-19-26)18-28-32(40)38-30(23-10-8-14-27(17-23)41-4)29(21(2)35-33(38)42-28)31(39)36-25-11-6-5-7-12-25/h5-19,30H,1-4H3,(H,36,39)/b28-18+/t30-/m1/s1. The molecule has 1 N–H and O–H groups in total. The first-order chi connectivity index (χ1) is 20.4. The highest BCUT2D eigenvalue weighted by Gasteiger charge is 2.33. The number of aromatic nitrogens is 3. The average molecular weight is 576 g/mol. The van der Waals surface area contributed by atoms with Gasteiger partial charge in [-0.3, -0.25) is 19.1 Å². The van der Waals surface area contributed by atoms with E-state index in [1.54, 1.807) is 17.9 Å². The van der Waals surface area contributed by atoms with Gasteiger partial charge in [-0.2, -0.15) is 0 Å². The summed E-state index contributed by atoms with van der Waals surface area (Å²) in [6, 6.07) is 22.0. The van der Waals surface area contributed by atoms with Crippen LogP contribution in [0.4, 0.5) is 5.69 Å². The molecule has 0 bridgehead atoms. The lowest BCUT2D eigenvalue weighted by Gasteiger charge is -2.25. The molecule has 5 aromatic rings. The molecule has 0 radical (unpaired) electrons. The van der Waals surface area contributed by atoms with Crippen LogP contribution in [-0.4, -0.2) is 27.1 Å². The van der Waals surface area contributed by atoms with Crippen molar-refractivity contribution in [3.63, 3.8) is 0 Å². The maximum Gasteiger partial charge on any atom is 0.271 e. The third kappa shape index (κ3) is 4.88. The molecule has 42 heavy (non-hydrogen) atoms. The predicted molar refractivity (Wildman–Crippen MR) is 165 cm³/mol. The van der Waals surface area contributed by atoms with Gasteiger partial charge in [0.1, 0.15) is 5.75 Å². The van der Waals surface area contributed by atoms with Gasteiger partial charge in [-0.15, -0.1) is 0 Å². The molecule has 210 valence electrons. The zero-order chi connectivity index (χ0) is 29.4. The van der Waals surface area contributed by atoms with Gasteiger partial charge in [0.15, 0.2) is 4.80 Å². The molecule has 0 saturated carbocycles. The number of fused-ring (bicyclic) bond motifs is 1. The van der Waals surface area contributed by atoms with Gasteiger partial charge >= 0.3 is 0 Å². The summed E-state index contributed by atoms with van der Waals surface area (Å²) in [7, 11) is 1.59. The van der Waals surface area contributed by atoms with Crippen molar-refractivity contribution < 1.29 is 9.53 Å². The Bertz CT molecular complexity index is 2020. The Morgan fingerprint density at radius 1 is 1.02 bits per heavy atom. The SMILES string of the molecule is COc1cccc([C@@H]2C(C(=O)Nc3ccccc3)=C(C)N=c3s/c(=C/c4cc(C)n(-c5cccnc5)c4C)c(=O)n32)c1. The molecule has 0 aliphatic carbocycles. The number of anilines is 1. The van der Waals surface area contributed by atoms with E-state index in [2.05, 4.69) is 20.9 Å². The smallest absolute Gasteiger partial charge is 0.271 e. The van der Waals surface area contributed by atoms with Crippen molar-refractivity contribution in [2.75, 3.05) is 12.4 Å². The van der Waals surface area contributed by atoms with Crippen LogP contribution < -0.4 is 24.9 Å². The van der Waals surface area contributed by atoms with Gasteiger partial charge in [-0.25, -0.2) is 4.99 Å². The van der Waals surface area contributed by atoms with Crippen LogP contribution in [0.15, 0.2) is 106 Å². The number of carbonyl (C=O) groups is 1. The molecule has 3 aromatic heterocycles. The number of allylic oxidation sites excluding steroid dienone is 1. The van der Waals surface area contributed by atoms with Crippen molar-refractivity contribution in [2.45, 2.75) is 26.8 Å². The largest absolute Gasteiger partial charge is 0.497 e. The fourth-order valence-electron chi connectivity index (χ4n) is 5.42. The predicted octanol–water partition coefficient (Wildman–Crippen LogP) is 4.69. The maximum atomic E-state index is 14.1. The van der Waals surface area contributed by atoms with Crippen LogP contribution in [0, 0.1) is 13.8 Å². The molecule has 1 amide bonds. The zero-order valence-electron chi connectivity index (χ0n) is 23.7. The van der Waals surface area contributed by atoms with Gasteiger partial charge in [0.2, 0.25) is 0 Å². The van der Waals surface area contributed by atoms with E-state index in [1.807, 2.05) is 99.8 Å². The molecule has 1 atom stereocenters. The summed E-state index contributed by atoms with van der Waals surface area (Å²) in [5.41, 5.74) is 6.07. The molecule has 8 nitrogen and oxygen atoms in total. The van der Waals surface area contributed by atoms with Crippen molar-refractivity contribution in [3.05, 3.63) is 139 Å². The number of aryl methyl sites for hydroxylation is 1. The van der Waals surface area contributed by atoms with E-state index < -0.39 is 6.04 Å². The number of ether oxygens (including phenoxy) is 1. The topological polar surface area (TPSA) is 90.5 Å². The molecule has 4 heterocycles. The molecule has 6 rings (SSSR count). The number of nitrogens with one attached hydrogen (secondary N) is 1. The summed E-state index contributed by atoms with van der Waals surface area (Å²) in [5.74, 6) is 0.319. The van der Waals surface area contributed by atoms with Gasteiger partial charge in [-0.1, -0.05) is 41.7 Å². The van der Waals surface area contributed by atoms with Crippen LogP contribution in [0.3, 0.4) is 0 Å². The second kappa shape index (κ2) is 11.1. The van der Waals surface area contributed by atoms with Crippen molar-refractivity contribution >= 4 is 29.0 Å². The lowest BCUT2D eigenvalue weighted by molar-refractivity contribution is -0.113. The van der Waals surface area contributed by atoms with E-state index in [0.717, 1.165) is 28.2 Å². The summed E-state index contributed by atoms with van der Waals surface area (Å²) in [5, 5.41) is 2.98. The summed E-state index contributed by atoms with van der Waals surface area (Å²) in [4.78, 5) is 37.5. The number of pyridine rings is 1. The van der Waals surface area contributed by atoms with Crippen molar-refractivity contribution in [2.24, 2.45) is 4.99 Å². The molecule has 9 heteroatoms. The van der Waals surface area contributed by atoms with E-state index >= 15 is 0 Å². The van der Waals surface area contributed by atoms with Crippen LogP contribution >= 0.6 is 11.3 Å². The van der Waals surface area contributed by atoms with Gasteiger partial charge < -0.3 is 14.6 Å². The van der Waals surface area contributed by atoms with Gasteiger partial charge in [0.05, 0.1) is 40.8 Å². The summed E-state index contributed by atoms with van der Waals surface area (Å²) < 4.78 is 9.76. The highest BCUT2D eigenvalue weighted by molar-refractivity contribution is 7.07. The first-order valence-electron chi connectivity index (χ1n) is 13.5.